The summed E-state index contributed by atoms with van der Waals surface area (Å²) in [6, 6.07) is 9.04. The fourth-order valence-electron chi connectivity index (χ4n) is 3.44. The van der Waals surface area contributed by atoms with Crippen LogP contribution >= 0.6 is 34.5 Å². The van der Waals surface area contributed by atoms with Crippen molar-refractivity contribution in [2.24, 2.45) is 4.99 Å². The zero-order chi connectivity index (χ0) is 20.4. The molecule has 4 nitrogen and oxygen atoms in total. The van der Waals surface area contributed by atoms with Gasteiger partial charge in [0, 0.05) is 10.4 Å². The Morgan fingerprint density at radius 2 is 2.07 bits per heavy atom. The van der Waals surface area contributed by atoms with E-state index in [1.54, 1.807) is 23.6 Å². The van der Waals surface area contributed by atoms with Crippen LogP contribution in [0.25, 0.3) is 11.3 Å². The summed E-state index contributed by atoms with van der Waals surface area (Å²) in [5.74, 6) is 0.872. The second-order valence-electron chi connectivity index (χ2n) is 6.67. The maximum absolute atomic E-state index is 12.5. The molecule has 4 rings (SSSR count). The molecule has 0 aliphatic heterocycles. The minimum absolute atomic E-state index is 0.301. The number of benzene rings is 1. The molecule has 0 fully saturated rings. The number of halogens is 2. The molecule has 7 heteroatoms. The lowest BCUT2D eigenvalue weighted by Gasteiger charge is -2.11. The molecule has 0 radical (unpaired) electrons. The predicted octanol–water partition coefficient (Wildman–Crippen LogP) is 7.12. The van der Waals surface area contributed by atoms with Gasteiger partial charge >= 0.3 is 5.97 Å². The Hall–Kier alpha value is -2.08. The van der Waals surface area contributed by atoms with Crippen molar-refractivity contribution in [3.63, 3.8) is 0 Å². The number of ether oxygens (including phenoxy) is 1. The Balaban J connectivity index is 1.65. The standard InChI is InChI=1S/C22H19Cl2NO3S/c1-2-27-22(26)19-15-6-3-4-9-18(15)29-21(19)25-12-13-10-11-17(28-13)14-7-5-8-16(23)20(14)24/h5,7-8,10-12H,2-4,6,9H2,1H3. The highest BCUT2D eigenvalue weighted by Gasteiger charge is 2.26. The molecule has 3 aromatic rings. The number of carbonyl (C=O) groups is 1. The number of hydrogen-bond donors (Lipinski definition) is 0. The third-order valence-electron chi connectivity index (χ3n) is 4.79. The number of furan rings is 1. The number of rotatable bonds is 5. The minimum atomic E-state index is -0.301. The number of aryl methyl sites for hydroxylation is 1. The van der Waals surface area contributed by atoms with Crippen molar-refractivity contribution < 1.29 is 13.9 Å². The molecule has 0 N–H and O–H groups in total. The largest absolute Gasteiger partial charge is 0.462 e. The van der Waals surface area contributed by atoms with Crippen LogP contribution in [-0.2, 0) is 17.6 Å². The molecular weight excluding hydrogens is 429 g/mol. The third-order valence-corrected chi connectivity index (χ3v) is 6.80. The third kappa shape index (κ3) is 4.13. The Morgan fingerprint density at radius 3 is 2.90 bits per heavy atom. The van der Waals surface area contributed by atoms with Gasteiger partial charge in [-0.05, 0) is 62.4 Å². The van der Waals surface area contributed by atoms with Gasteiger partial charge in [0.2, 0.25) is 0 Å². The average Bonchev–Trinajstić information content (AvgIpc) is 3.33. The zero-order valence-corrected chi connectivity index (χ0v) is 18.2. The first kappa shape index (κ1) is 20.2. The SMILES string of the molecule is CCOC(=O)c1c(N=Cc2ccc(-c3cccc(Cl)c3Cl)o2)sc2c1CCCC2. The molecule has 1 aliphatic carbocycles. The van der Waals surface area contributed by atoms with Gasteiger partial charge in [-0.15, -0.1) is 11.3 Å². The summed E-state index contributed by atoms with van der Waals surface area (Å²) in [5.41, 5.74) is 2.42. The van der Waals surface area contributed by atoms with Gasteiger partial charge in [-0.2, -0.15) is 0 Å². The number of aliphatic imine (C=N–C) groups is 1. The van der Waals surface area contributed by atoms with Crippen molar-refractivity contribution >= 4 is 51.7 Å². The van der Waals surface area contributed by atoms with Gasteiger partial charge in [-0.3, -0.25) is 0 Å². The summed E-state index contributed by atoms with van der Waals surface area (Å²) in [6.45, 7) is 2.15. The topological polar surface area (TPSA) is 51.8 Å². The van der Waals surface area contributed by atoms with E-state index in [2.05, 4.69) is 4.99 Å². The van der Waals surface area contributed by atoms with Gasteiger partial charge in [0.05, 0.1) is 28.4 Å². The molecule has 2 aromatic heterocycles. The molecule has 2 heterocycles. The van der Waals surface area contributed by atoms with Crippen LogP contribution in [0, 0.1) is 0 Å². The second kappa shape index (κ2) is 8.74. The highest BCUT2D eigenvalue weighted by Crippen LogP contribution is 2.40. The summed E-state index contributed by atoms with van der Waals surface area (Å²) >= 11 is 13.9. The van der Waals surface area contributed by atoms with Gasteiger partial charge in [0.25, 0.3) is 0 Å². The van der Waals surface area contributed by atoms with E-state index < -0.39 is 0 Å². The van der Waals surface area contributed by atoms with Gasteiger partial charge in [-0.1, -0.05) is 29.3 Å². The van der Waals surface area contributed by atoms with Crippen LogP contribution in [0.15, 0.2) is 39.7 Å². The monoisotopic (exact) mass is 447 g/mol. The smallest absolute Gasteiger partial charge is 0.341 e. The highest BCUT2D eigenvalue weighted by molar-refractivity contribution is 7.16. The van der Waals surface area contributed by atoms with Crippen LogP contribution in [-0.4, -0.2) is 18.8 Å². The number of hydrogen-bond acceptors (Lipinski definition) is 5. The molecular formula is C22H19Cl2NO3S. The highest BCUT2D eigenvalue weighted by atomic mass is 35.5. The van der Waals surface area contributed by atoms with Crippen molar-refractivity contribution in [2.45, 2.75) is 32.6 Å². The molecule has 0 spiro atoms. The first-order chi connectivity index (χ1) is 14.1. The lowest BCUT2D eigenvalue weighted by atomic mass is 9.95. The quantitative estimate of drug-likeness (QED) is 0.308. The summed E-state index contributed by atoms with van der Waals surface area (Å²) in [7, 11) is 0. The molecule has 1 aliphatic rings. The molecule has 0 saturated carbocycles. The van der Waals surface area contributed by atoms with Crippen LogP contribution in [0.4, 0.5) is 5.00 Å². The fraction of sp³-hybridized carbons (Fsp3) is 0.273. The van der Waals surface area contributed by atoms with Crippen molar-refractivity contribution in [1.82, 2.24) is 0 Å². The van der Waals surface area contributed by atoms with Crippen LogP contribution in [0.2, 0.25) is 10.0 Å². The van der Waals surface area contributed by atoms with Gasteiger partial charge in [0.1, 0.15) is 16.5 Å². The second-order valence-corrected chi connectivity index (χ2v) is 8.54. The lowest BCUT2D eigenvalue weighted by Crippen LogP contribution is -2.09. The summed E-state index contributed by atoms with van der Waals surface area (Å²) in [5, 5.41) is 1.59. The number of esters is 1. The average molecular weight is 448 g/mol. The molecule has 29 heavy (non-hydrogen) atoms. The number of thiophene rings is 1. The number of fused-ring (bicyclic) bond motifs is 1. The molecule has 0 saturated heterocycles. The van der Waals surface area contributed by atoms with E-state index in [4.69, 9.17) is 32.4 Å². The first-order valence-electron chi connectivity index (χ1n) is 9.48. The van der Waals surface area contributed by atoms with Gasteiger partial charge in [0.15, 0.2) is 0 Å². The Kier molecular flexibility index (Phi) is 6.09. The summed E-state index contributed by atoms with van der Waals surface area (Å²) in [6.07, 6.45) is 5.73. The summed E-state index contributed by atoms with van der Waals surface area (Å²) < 4.78 is 11.1. The van der Waals surface area contributed by atoms with Crippen molar-refractivity contribution in [1.29, 1.82) is 0 Å². The van der Waals surface area contributed by atoms with E-state index in [0.29, 0.717) is 38.7 Å². The van der Waals surface area contributed by atoms with Gasteiger partial charge < -0.3 is 9.15 Å². The zero-order valence-electron chi connectivity index (χ0n) is 15.8. The number of nitrogens with zero attached hydrogens (tertiary/aromatic N) is 1. The van der Waals surface area contributed by atoms with Crippen molar-refractivity contribution in [2.75, 3.05) is 6.61 Å². The van der Waals surface area contributed by atoms with Crippen molar-refractivity contribution in [3.8, 4) is 11.3 Å². The van der Waals surface area contributed by atoms with E-state index in [1.165, 1.54) is 4.88 Å². The van der Waals surface area contributed by atoms with Crippen LogP contribution in [0.5, 0.6) is 0 Å². The van der Waals surface area contributed by atoms with E-state index in [-0.39, 0.29) is 5.97 Å². The van der Waals surface area contributed by atoms with E-state index in [9.17, 15) is 4.79 Å². The Morgan fingerprint density at radius 1 is 1.24 bits per heavy atom. The van der Waals surface area contributed by atoms with Gasteiger partial charge in [-0.25, -0.2) is 9.79 Å². The van der Waals surface area contributed by atoms with Crippen LogP contribution in [0.1, 0.15) is 46.3 Å². The maximum Gasteiger partial charge on any atom is 0.341 e. The van der Waals surface area contributed by atoms with Crippen LogP contribution < -0.4 is 0 Å². The Bertz CT molecular complexity index is 1080. The van der Waals surface area contributed by atoms with E-state index in [1.807, 2.05) is 31.2 Å². The van der Waals surface area contributed by atoms with Crippen molar-refractivity contribution in [3.05, 3.63) is 62.1 Å². The minimum Gasteiger partial charge on any atom is -0.462 e. The fourth-order valence-corrected chi connectivity index (χ4v) is 5.05. The molecule has 0 unspecified atom stereocenters. The van der Waals surface area contributed by atoms with E-state index >= 15 is 0 Å². The first-order valence-corrected chi connectivity index (χ1v) is 11.1. The normalized spacial score (nSPS) is 13.6. The molecule has 0 bridgehead atoms. The maximum atomic E-state index is 12.5. The Labute approximate surface area is 183 Å². The molecule has 150 valence electrons. The van der Waals surface area contributed by atoms with Crippen LogP contribution in [0.3, 0.4) is 0 Å². The molecule has 0 atom stereocenters. The molecule has 0 amide bonds. The summed E-state index contributed by atoms with van der Waals surface area (Å²) in [4.78, 5) is 18.3. The predicted molar refractivity (Wildman–Crippen MR) is 118 cm³/mol. The number of carbonyl (C=O) groups excluding carboxylic acids is 1. The lowest BCUT2D eigenvalue weighted by molar-refractivity contribution is 0.0526. The molecule has 1 aromatic carbocycles. The van der Waals surface area contributed by atoms with E-state index in [0.717, 1.165) is 36.8 Å².